The molecular formula is C21H18N4O3. The highest BCUT2D eigenvalue weighted by atomic mass is 16.3. The molecule has 0 fully saturated rings. The van der Waals surface area contributed by atoms with Crippen LogP contribution in [0.5, 0.6) is 5.75 Å². The topological polar surface area (TPSA) is 77.6 Å². The summed E-state index contributed by atoms with van der Waals surface area (Å²) >= 11 is 0. The first-order valence-corrected chi connectivity index (χ1v) is 8.46. The van der Waals surface area contributed by atoms with Crippen molar-refractivity contribution in [1.82, 2.24) is 0 Å². The van der Waals surface area contributed by atoms with E-state index in [1.165, 1.54) is 24.3 Å². The second-order valence-electron chi connectivity index (χ2n) is 6.42. The Balaban J connectivity index is 2.10. The molecule has 0 atom stereocenters. The SMILES string of the molecule is [C-]#[N+]C1=C(C)C(=Nc2ccc(N(C)C)cc2)C(=O)N(c2ccc(O)cc2)C1=O. The van der Waals surface area contributed by atoms with E-state index < -0.39 is 11.8 Å². The van der Waals surface area contributed by atoms with Crippen LogP contribution < -0.4 is 9.80 Å². The summed E-state index contributed by atoms with van der Waals surface area (Å²) in [6, 6.07) is 12.9. The molecule has 1 N–H and O–H groups in total. The van der Waals surface area contributed by atoms with Gasteiger partial charge >= 0.3 is 0 Å². The van der Waals surface area contributed by atoms with Crippen LogP contribution in [0.15, 0.2) is 64.8 Å². The fraction of sp³-hybridized carbons (Fsp3) is 0.143. The van der Waals surface area contributed by atoms with Gasteiger partial charge in [-0.25, -0.2) is 9.84 Å². The first kappa shape index (κ1) is 18.9. The summed E-state index contributed by atoms with van der Waals surface area (Å²) in [5, 5.41) is 9.46. The molecule has 28 heavy (non-hydrogen) atoms. The zero-order valence-electron chi connectivity index (χ0n) is 15.7. The van der Waals surface area contributed by atoms with E-state index in [0.29, 0.717) is 5.69 Å². The van der Waals surface area contributed by atoms with Crippen molar-refractivity contribution in [3.8, 4) is 5.75 Å². The molecule has 0 aromatic heterocycles. The summed E-state index contributed by atoms with van der Waals surface area (Å²) in [5.74, 6) is -1.31. The maximum Gasteiger partial charge on any atom is 0.281 e. The number of imide groups is 1. The third kappa shape index (κ3) is 3.35. The Morgan fingerprint density at radius 1 is 1.00 bits per heavy atom. The molecule has 1 aliphatic rings. The smallest absolute Gasteiger partial charge is 0.281 e. The lowest BCUT2D eigenvalue weighted by Gasteiger charge is -2.26. The summed E-state index contributed by atoms with van der Waals surface area (Å²) in [7, 11) is 3.84. The molecule has 7 nitrogen and oxygen atoms in total. The van der Waals surface area contributed by atoms with Gasteiger partial charge in [-0.05, 0) is 61.0 Å². The number of hydrogen-bond acceptors (Lipinski definition) is 5. The minimum Gasteiger partial charge on any atom is -0.508 e. The molecule has 0 radical (unpaired) electrons. The fourth-order valence-corrected chi connectivity index (χ4v) is 2.79. The lowest BCUT2D eigenvalue weighted by Crippen LogP contribution is -2.46. The predicted octanol–water partition coefficient (Wildman–Crippen LogP) is 3.30. The van der Waals surface area contributed by atoms with Gasteiger partial charge in [0.15, 0.2) is 0 Å². The molecule has 140 valence electrons. The first-order valence-electron chi connectivity index (χ1n) is 8.46. The maximum absolute atomic E-state index is 13.0. The molecule has 0 saturated heterocycles. The molecule has 2 amide bonds. The lowest BCUT2D eigenvalue weighted by atomic mass is 10.0. The monoisotopic (exact) mass is 374 g/mol. The number of benzene rings is 2. The highest BCUT2D eigenvalue weighted by Crippen LogP contribution is 2.28. The van der Waals surface area contributed by atoms with Gasteiger partial charge < -0.3 is 10.0 Å². The second-order valence-corrected chi connectivity index (χ2v) is 6.42. The molecule has 2 aromatic rings. The molecular weight excluding hydrogens is 356 g/mol. The number of anilines is 2. The van der Waals surface area contributed by atoms with Crippen molar-refractivity contribution in [2.45, 2.75) is 6.92 Å². The van der Waals surface area contributed by atoms with E-state index in [0.717, 1.165) is 10.6 Å². The van der Waals surface area contributed by atoms with Gasteiger partial charge in [0.05, 0.1) is 17.9 Å². The van der Waals surface area contributed by atoms with Crippen LogP contribution in [-0.2, 0) is 9.59 Å². The first-order chi connectivity index (χ1) is 13.3. The van der Waals surface area contributed by atoms with Crippen LogP contribution >= 0.6 is 0 Å². The summed E-state index contributed by atoms with van der Waals surface area (Å²) in [6.07, 6.45) is 0. The number of carbonyl (C=O) groups is 2. The van der Waals surface area contributed by atoms with Crippen molar-refractivity contribution in [1.29, 1.82) is 0 Å². The van der Waals surface area contributed by atoms with Crippen LogP contribution in [0.3, 0.4) is 0 Å². The van der Waals surface area contributed by atoms with Crippen molar-refractivity contribution in [3.63, 3.8) is 0 Å². The number of amides is 2. The number of hydrogen-bond donors (Lipinski definition) is 1. The van der Waals surface area contributed by atoms with Crippen molar-refractivity contribution >= 4 is 34.6 Å². The van der Waals surface area contributed by atoms with Crippen molar-refractivity contribution in [2.24, 2.45) is 4.99 Å². The van der Waals surface area contributed by atoms with Gasteiger partial charge in [-0.3, -0.25) is 14.5 Å². The van der Waals surface area contributed by atoms with E-state index in [2.05, 4.69) is 9.84 Å². The average Bonchev–Trinajstić information content (AvgIpc) is 2.67. The summed E-state index contributed by atoms with van der Waals surface area (Å²) in [6.45, 7) is 8.91. The molecule has 0 bridgehead atoms. The number of aliphatic imine (C=N–C) groups is 1. The fourth-order valence-electron chi connectivity index (χ4n) is 2.79. The summed E-state index contributed by atoms with van der Waals surface area (Å²) in [4.78, 5) is 36.3. The number of nitrogens with zero attached hydrogens (tertiary/aromatic N) is 4. The Hall–Kier alpha value is -3.92. The van der Waals surface area contributed by atoms with E-state index in [9.17, 15) is 14.7 Å². The lowest BCUT2D eigenvalue weighted by molar-refractivity contribution is -0.121. The Morgan fingerprint density at radius 2 is 1.61 bits per heavy atom. The molecule has 0 unspecified atom stereocenters. The van der Waals surface area contributed by atoms with E-state index >= 15 is 0 Å². The standard InChI is InChI=1S/C21H18N4O3/c1-13-18(22-2)20(27)25(16-9-11-17(26)12-10-16)21(28)19(13)23-14-5-7-15(8-6-14)24(3)4/h5-12,26H,1,3-4H3. The van der Waals surface area contributed by atoms with E-state index in [4.69, 9.17) is 6.57 Å². The number of phenols is 1. The molecule has 0 aliphatic carbocycles. The third-order valence-corrected chi connectivity index (χ3v) is 4.35. The zero-order valence-corrected chi connectivity index (χ0v) is 15.7. The van der Waals surface area contributed by atoms with Crippen LogP contribution in [0, 0.1) is 6.57 Å². The third-order valence-electron chi connectivity index (χ3n) is 4.35. The van der Waals surface area contributed by atoms with Crippen LogP contribution in [0.1, 0.15) is 6.92 Å². The van der Waals surface area contributed by atoms with Crippen LogP contribution in [0.2, 0.25) is 0 Å². The summed E-state index contributed by atoms with van der Waals surface area (Å²) in [5.41, 5.74) is 1.91. The summed E-state index contributed by atoms with van der Waals surface area (Å²) < 4.78 is 0. The van der Waals surface area contributed by atoms with E-state index in [1.807, 2.05) is 31.1 Å². The van der Waals surface area contributed by atoms with Gasteiger partial charge in [-0.1, -0.05) is 0 Å². The van der Waals surface area contributed by atoms with Gasteiger partial charge in [0.25, 0.3) is 17.5 Å². The molecule has 0 spiro atoms. The number of phenolic OH excluding ortho intramolecular Hbond substituents is 1. The average molecular weight is 374 g/mol. The molecule has 1 heterocycles. The minimum atomic E-state index is -0.704. The highest BCUT2D eigenvalue weighted by molar-refractivity contribution is 6.57. The molecule has 1 aliphatic heterocycles. The Bertz CT molecular complexity index is 1040. The van der Waals surface area contributed by atoms with E-state index in [-0.39, 0.29) is 28.4 Å². The highest BCUT2D eigenvalue weighted by Gasteiger charge is 2.38. The van der Waals surface area contributed by atoms with Gasteiger partial charge in [-0.2, -0.15) is 0 Å². The van der Waals surface area contributed by atoms with Gasteiger partial charge in [0, 0.05) is 19.8 Å². The van der Waals surface area contributed by atoms with Crippen molar-refractivity contribution in [3.05, 3.63) is 71.2 Å². The van der Waals surface area contributed by atoms with Crippen molar-refractivity contribution < 1.29 is 14.7 Å². The van der Waals surface area contributed by atoms with Gasteiger partial charge in [-0.15, -0.1) is 0 Å². The van der Waals surface area contributed by atoms with Gasteiger partial charge in [0.2, 0.25) is 0 Å². The minimum absolute atomic E-state index is 0.00709. The normalized spacial score (nSPS) is 15.8. The Kier molecular flexibility index (Phi) is 4.96. The van der Waals surface area contributed by atoms with Crippen LogP contribution in [-0.4, -0.2) is 36.7 Å². The molecule has 7 heteroatoms. The quantitative estimate of drug-likeness (QED) is 0.661. The molecule has 0 saturated carbocycles. The molecule has 2 aromatic carbocycles. The number of carbonyl (C=O) groups excluding carboxylic acids is 2. The van der Waals surface area contributed by atoms with Crippen LogP contribution in [0.4, 0.5) is 17.1 Å². The van der Waals surface area contributed by atoms with E-state index in [1.54, 1.807) is 19.1 Å². The number of aromatic hydroxyl groups is 1. The Morgan fingerprint density at radius 3 is 2.14 bits per heavy atom. The maximum atomic E-state index is 13.0. The van der Waals surface area contributed by atoms with Gasteiger partial charge in [0.1, 0.15) is 11.5 Å². The number of rotatable bonds is 3. The Labute approximate surface area is 162 Å². The largest absolute Gasteiger partial charge is 0.508 e. The predicted molar refractivity (Wildman–Crippen MR) is 108 cm³/mol. The van der Waals surface area contributed by atoms with Crippen LogP contribution in [0.25, 0.3) is 4.85 Å². The molecule has 3 rings (SSSR count). The zero-order chi connectivity index (χ0) is 20.4. The second kappa shape index (κ2) is 7.37. The van der Waals surface area contributed by atoms with Crippen molar-refractivity contribution in [2.75, 3.05) is 23.9 Å².